The van der Waals surface area contributed by atoms with Gasteiger partial charge in [-0.25, -0.2) is 19.2 Å². The Balaban J connectivity index is 0.000000481. The van der Waals surface area contributed by atoms with Crippen molar-refractivity contribution < 1.29 is 67.5 Å². The Labute approximate surface area is 414 Å². The molecule has 0 aromatic heterocycles. The number of amides is 6. The van der Waals surface area contributed by atoms with Crippen molar-refractivity contribution in [2.24, 2.45) is 0 Å². The van der Waals surface area contributed by atoms with Gasteiger partial charge in [0.05, 0.1) is 26.4 Å². The molecule has 396 valence electrons. The van der Waals surface area contributed by atoms with E-state index in [0.29, 0.717) is 51.4 Å². The number of hydrogen-bond acceptors (Lipinski definition) is 14. The van der Waals surface area contributed by atoms with E-state index in [1.807, 2.05) is 18.2 Å². The van der Waals surface area contributed by atoms with E-state index < -0.39 is 107 Å². The quantitative estimate of drug-likeness (QED) is 0.0542. The van der Waals surface area contributed by atoms with Gasteiger partial charge in [-0.2, -0.15) is 0 Å². The molecule has 3 aliphatic heterocycles. The van der Waals surface area contributed by atoms with Gasteiger partial charge in [-0.15, -0.1) is 13.2 Å². The summed E-state index contributed by atoms with van der Waals surface area (Å²) in [5.74, 6) is -3.21. The minimum Gasteiger partial charge on any atom is -0.467 e. The highest BCUT2D eigenvalue weighted by Crippen LogP contribution is 2.24. The van der Waals surface area contributed by atoms with Crippen LogP contribution in [0.5, 0.6) is 0 Å². The molecular formula is C50H82N6O14. The number of esters is 2. The largest absolute Gasteiger partial charge is 0.467 e. The molecule has 20 nitrogen and oxygen atoms in total. The molecule has 3 aliphatic rings. The van der Waals surface area contributed by atoms with Crippen LogP contribution in [0.2, 0.25) is 0 Å². The summed E-state index contributed by atoms with van der Waals surface area (Å²) in [4.78, 5) is 105. The van der Waals surface area contributed by atoms with Crippen molar-refractivity contribution >= 4 is 47.8 Å². The van der Waals surface area contributed by atoms with Crippen LogP contribution in [0.1, 0.15) is 144 Å². The lowest BCUT2D eigenvalue weighted by Crippen LogP contribution is -2.55. The molecule has 0 saturated carbocycles. The van der Waals surface area contributed by atoms with Crippen LogP contribution in [-0.4, -0.2) is 155 Å². The number of ether oxygens (including phenoxy) is 4. The fourth-order valence-electron chi connectivity index (χ4n) is 8.13. The van der Waals surface area contributed by atoms with E-state index in [1.54, 1.807) is 47.6 Å². The number of fused-ring (bicyclic) bond motifs is 1. The summed E-state index contributed by atoms with van der Waals surface area (Å²) in [7, 11) is 2.48. The van der Waals surface area contributed by atoms with Crippen LogP contribution < -0.4 is 21.3 Å². The lowest BCUT2D eigenvalue weighted by Gasteiger charge is -2.30. The van der Waals surface area contributed by atoms with Crippen LogP contribution >= 0.6 is 0 Å². The van der Waals surface area contributed by atoms with Gasteiger partial charge in [0.15, 0.2) is 0 Å². The van der Waals surface area contributed by atoms with Crippen molar-refractivity contribution in [2.45, 2.75) is 204 Å². The van der Waals surface area contributed by atoms with Crippen molar-refractivity contribution in [1.29, 1.82) is 0 Å². The maximum absolute atomic E-state index is 13.5. The van der Waals surface area contributed by atoms with Gasteiger partial charge in [0.1, 0.15) is 47.5 Å². The van der Waals surface area contributed by atoms with Crippen molar-refractivity contribution in [2.75, 3.05) is 27.3 Å². The molecule has 0 bridgehead atoms. The van der Waals surface area contributed by atoms with Crippen molar-refractivity contribution in [1.82, 2.24) is 31.1 Å². The predicted octanol–water partition coefficient (Wildman–Crippen LogP) is 4.40. The summed E-state index contributed by atoms with van der Waals surface area (Å²) < 4.78 is 20.3. The lowest BCUT2D eigenvalue weighted by molar-refractivity contribution is -0.147. The molecule has 0 spiro atoms. The van der Waals surface area contributed by atoms with Gasteiger partial charge in [-0.05, 0) is 106 Å². The molecule has 20 heteroatoms. The molecule has 70 heavy (non-hydrogen) atoms. The number of β-amino-alcohol motifs (C(OH)–C–C–N with tert-alkyl or cyclic N) is 1. The highest BCUT2D eigenvalue weighted by atomic mass is 16.6. The van der Waals surface area contributed by atoms with Crippen LogP contribution in [0.3, 0.4) is 0 Å². The second-order valence-corrected chi connectivity index (χ2v) is 19.8. The number of carbonyl (C=O) groups excluding carboxylic acids is 8. The highest BCUT2D eigenvalue weighted by molar-refractivity contribution is 5.95. The van der Waals surface area contributed by atoms with Crippen LogP contribution in [0.15, 0.2) is 37.5 Å². The third-order valence-corrected chi connectivity index (χ3v) is 11.5. The van der Waals surface area contributed by atoms with Gasteiger partial charge in [-0.3, -0.25) is 19.2 Å². The molecule has 2 fully saturated rings. The topological polar surface area (TPSA) is 269 Å². The van der Waals surface area contributed by atoms with Crippen LogP contribution in [-0.2, 0) is 47.7 Å². The third kappa shape index (κ3) is 22.1. The summed E-state index contributed by atoms with van der Waals surface area (Å²) in [6.45, 7) is 17.6. The van der Waals surface area contributed by atoms with Gasteiger partial charge in [-0.1, -0.05) is 50.0 Å². The second kappa shape index (κ2) is 30.3. The van der Waals surface area contributed by atoms with E-state index >= 15 is 0 Å². The molecule has 3 rings (SSSR count). The van der Waals surface area contributed by atoms with Gasteiger partial charge in [0.2, 0.25) is 23.6 Å². The number of nitrogens with one attached hydrogen (secondary N) is 4. The Morgan fingerprint density at radius 1 is 0.771 bits per heavy atom. The van der Waals surface area contributed by atoms with E-state index in [2.05, 4.69) is 34.4 Å². The van der Waals surface area contributed by atoms with E-state index in [9.17, 15) is 48.6 Å². The standard InChI is InChI=1S/C26H43N3O7.C24H39N3O7/c1-7-9-11-12-13-15-19(28-25(34)36-26(3,4)5)23(32)29-17-18(30)16-21(29)22(31)27-20(14-10-8-2)24(33)35-6;1-24(2,3)34-23(32)26-17-12-10-8-6-5-7-9-11-13-18(22(31)33-4)25-20(29)19-14-16(28)15-27(19)21(17)30/h7-8,18-21,30H,1-2,9-17H2,3-6H3,(H,27,31)(H,28,34);7,9,16-19,28H,5-6,8,10-15H2,1-4H3,(H,25,29)(H,26,32)/t18-,19-,20-,21-;16-,17-,18-,19-/m00/s1. The molecule has 3 heterocycles. The third-order valence-electron chi connectivity index (χ3n) is 11.5. The normalized spacial score (nSPS) is 23.2. The second-order valence-electron chi connectivity index (χ2n) is 19.8. The number of rotatable bonds is 16. The first kappa shape index (κ1) is 60.6. The number of carbonyl (C=O) groups is 8. The summed E-state index contributed by atoms with van der Waals surface area (Å²) in [5.41, 5.74) is -1.48. The summed E-state index contributed by atoms with van der Waals surface area (Å²) in [6.07, 6.45) is 13.4. The fourth-order valence-corrected chi connectivity index (χ4v) is 8.13. The Morgan fingerprint density at radius 2 is 1.41 bits per heavy atom. The molecular weight excluding hydrogens is 909 g/mol. The smallest absolute Gasteiger partial charge is 0.408 e. The number of methoxy groups -OCH3 is 2. The monoisotopic (exact) mass is 991 g/mol. The minimum absolute atomic E-state index is 0.0193. The molecule has 0 radical (unpaired) electrons. The number of unbranched alkanes of at least 4 members (excludes halogenated alkanes) is 3. The maximum Gasteiger partial charge on any atom is 0.408 e. The average molecular weight is 991 g/mol. The first-order chi connectivity index (χ1) is 32.9. The van der Waals surface area contributed by atoms with E-state index in [1.165, 1.54) is 24.0 Å². The SMILES string of the molecule is C=CCCCCC[C@H](NC(=O)OC(C)(C)C)C(=O)N1C[C@@H](O)C[C@H]1C(=O)N[C@@H](CCC=C)C(=O)OC.COC(=O)[C@@H]1CCC=CCCCCC[C@H](NC(=O)OC(C)(C)C)C(=O)N2C[C@@H](O)C[C@H]2C(=O)N1. The number of hydrogen-bond donors (Lipinski definition) is 6. The Morgan fingerprint density at radius 3 is 2.04 bits per heavy atom. The average Bonchev–Trinajstić information content (AvgIpc) is 3.88. The summed E-state index contributed by atoms with van der Waals surface area (Å²) in [6, 6.07) is -5.54. The van der Waals surface area contributed by atoms with Crippen LogP contribution in [0.4, 0.5) is 9.59 Å². The lowest BCUT2D eigenvalue weighted by atomic mass is 10.0. The van der Waals surface area contributed by atoms with Gasteiger partial charge in [0.25, 0.3) is 0 Å². The Kier molecular flexibility index (Phi) is 26.2. The van der Waals surface area contributed by atoms with Crippen LogP contribution in [0, 0.1) is 0 Å². The molecule has 6 N–H and O–H groups in total. The molecule has 0 aromatic carbocycles. The summed E-state index contributed by atoms with van der Waals surface area (Å²) in [5, 5.41) is 31.2. The maximum atomic E-state index is 13.5. The zero-order valence-corrected chi connectivity index (χ0v) is 42.8. The fraction of sp³-hybridized carbons (Fsp3) is 0.720. The molecule has 8 atom stereocenters. The summed E-state index contributed by atoms with van der Waals surface area (Å²) >= 11 is 0. The van der Waals surface area contributed by atoms with Crippen molar-refractivity contribution in [3.05, 3.63) is 37.5 Å². The predicted molar refractivity (Wildman–Crippen MR) is 261 cm³/mol. The van der Waals surface area contributed by atoms with E-state index in [-0.39, 0.29) is 25.9 Å². The van der Waals surface area contributed by atoms with Crippen molar-refractivity contribution in [3.63, 3.8) is 0 Å². The van der Waals surface area contributed by atoms with E-state index in [4.69, 9.17) is 18.9 Å². The number of aliphatic hydroxyl groups excluding tert-OH is 2. The van der Waals surface area contributed by atoms with E-state index in [0.717, 1.165) is 38.5 Å². The van der Waals surface area contributed by atoms with Gasteiger partial charge in [0, 0.05) is 25.9 Å². The molecule has 2 saturated heterocycles. The molecule has 0 unspecified atom stereocenters. The molecule has 0 aliphatic carbocycles. The van der Waals surface area contributed by atoms with Gasteiger partial charge < -0.3 is 60.2 Å². The zero-order chi connectivity index (χ0) is 52.6. The van der Waals surface area contributed by atoms with Crippen molar-refractivity contribution in [3.8, 4) is 0 Å². The number of allylic oxidation sites excluding steroid dienone is 4. The molecule has 0 aromatic rings. The molecule has 6 amide bonds. The number of aliphatic hydroxyl groups is 2. The minimum atomic E-state index is -0.993. The Bertz CT molecular complexity index is 1790. The number of alkyl carbamates (subject to hydrolysis) is 2. The zero-order valence-electron chi connectivity index (χ0n) is 42.8. The van der Waals surface area contributed by atoms with Gasteiger partial charge >= 0.3 is 24.1 Å². The first-order valence-electron chi connectivity index (χ1n) is 24.5. The number of nitrogens with zero attached hydrogens (tertiary/aromatic N) is 2. The van der Waals surface area contributed by atoms with Crippen LogP contribution in [0.25, 0.3) is 0 Å². The Hall–Kier alpha value is -5.50. The highest BCUT2D eigenvalue weighted by Gasteiger charge is 2.44. The first-order valence-corrected chi connectivity index (χ1v) is 24.5. The number of likely N-dealkylation sites (tertiary alicyclic amines) is 1.